The molecular weight excluding hydrogens is 288 g/mol. The summed E-state index contributed by atoms with van der Waals surface area (Å²) < 4.78 is 0. The van der Waals surface area contributed by atoms with E-state index in [-0.39, 0.29) is 17.2 Å². The molecule has 0 aromatic heterocycles. The third kappa shape index (κ3) is 2.31. The van der Waals surface area contributed by atoms with Gasteiger partial charge in [-0.05, 0) is 43.9 Å². The zero-order chi connectivity index (χ0) is 16.0. The maximum Gasteiger partial charge on any atom is 0.237 e. The molecule has 4 nitrogen and oxygen atoms in total. The number of hydrogen-bond acceptors (Lipinski definition) is 3. The van der Waals surface area contributed by atoms with Crippen LogP contribution in [0.1, 0.15) is 55.7 Å². The number of rotatable bonds is 3. The highest BCUT2D eigenvalue weighted by molar-refractivity contribution is 6.06. The lowest BCUT2D eigenvalue weighted by molar-refractivity contribution is -0.144. The van der Waals surface area contributed by atoms with Gasteiger partial charge in [0.2, 0.25) is 11.8 Å². The van der Waals surface area contributed by atoms with Gasteiger partial charge >= 0.3 is 0 Å². The molecule has 1 atom stereocenters. The van der Waals surface area contributed by atoms with Gasteiger partial charge in [-0.2, -0.15) is 0 Å². The lowest BCUT2D eigenvalue weighted by Gasteiger charge is -2.30. The lowest BCUT2D eigenvalue weighted by Crippen LogP contribution is -2.42. The summed E-state index contributed by atoms with van der Waals surface area (Å²) >= 11 is 0. The quantitative estimate of drug-likeness (QED) is 0.806. The Bertz CT molecular complexity index is 649. The summed E-state index contributed by atoms with van der Waals surface area (Å²) in [6.07, 6.45) is 6.53. The molecule has 23 heavy (non-hydrogen) atoms. The second-order valence-electron chi connectivity index (χ2n) is 7.44. The minimum Gasteiger partial charge on any atom is -0.282 e. The van der Waals surface area contributed by atoms with Crippen molar-refractivity contribution in [3.63, 3.8) is 0 Å². The molecule has 3 aliphatic rings. The van der Waals surface area contributed by atoms with Crippen LogP contribution in [0, 0.1) is 5.41 Å². The Labute approximate surface area is 137 Å². The fourth-order valence-corrected chi connectivity index (χ4v) is 4.76. The van der Waals surface area contributed by atoms with Gasteiger partial charge in [0.05, 0.1) is 12.1 Å². The normalized spacial score (nSPS) is 25.8. The van der Waals surface area contributed by atoms with Gasteiger partial charge in [0, 0.05) is 12.5 Å². The average molecular weight is 312 g/mol. The van der Waals surface area contributed by atoms with Gasteiger partial charge in [-0.25, -0.2) is 0 Å². The molecule has 2 aliphatic carbocycles. The van der Waals surface area contributed by atoms with E-state index in [4.69, 9.17) is 0 Å². The Balaban J connectivity index is 1.50. The molecule has 1 saturated heterocycles. The van der Waals surface area contributed by atoms with Gasteiger partial charge in [-0.15, -0.1) is 0 Å². The maximum atomic E-state index is 12.8. The van der Waals surface area contributed by atoms with Crippen LogP contribution in [0.3, 0.4) is 0 Å². The fourth-order valence-electron chi connectivity index (χ4n) is 4.76. The minimum absolute atomic E-state index is 0.0232. The van der Waals surface area contributed by atoms with Gasteiger partial charge in [-0.1, -0.05) is 37.1 Å². The lowest BCUT2D eigenvalue weighted by atomic mass is 9.85. The van der Waals surface area contributed by atoms with Crippen LogP contribution in [-0.2, 0) is 16.0 Å². The largest absolute Gasteiger partial charge is 0.282 e. The number of fused-ring (bicyclic) bond motifs is 1. The second kappa shape index (κ2) is 5.45. The van der Waals surface area contributed by atoms with Crippen molar-refractivity contribution < 1.29 is 9.59 Å². The molecule has 4 heteroatoms. The van der Waals surface area contributed by atoms with Gasteiger partial charge in [0.1, 0.15) is 0 Å². The summed E-state index contributed by atoms with van der Waals surface area (Å²) in [5.74, 6) is 0.105. The number of benzene rings is 1. The number of amides is 2. The van der Waals surface area contributed by atoms with Crippen LogP contribution in [0.2, 0.25) is 0 Å². The van der Waals surface area contributed by atoms with Crippen molar-refractivity contribution in [2.24, 2.45) is 5.41 Å². The predicted molar refractivity (Wildman–Crippen MR) is 87.5 cm³/mol. The second-order valence-corrected chi connectivity index (χ2v) is 7.44. The van der Waals surface area contributed by atoms with Crippen LogP contribution in [-0.4, -0.2) is 35.3 Å². The molecule has 0 radical (unpaired) electrons. The van der Waals surface area contributed by atoms with Crippen LogP contribution < -0.4 is 0 Å². The molecule has 2 amide bonds. The summed E-state index contributed by atoms with van der Waals surface area (Å²) in [4.78, 5) is 28.9. The Kier molecular flexibility index (Phi) is 3.52. The van der Waals surface area contributed by atoms with Gasteiger partial charge in [-0.3, -0.25) is 19.4 Å². The van der Waals surface area contributed by atoms with Crippen molar-refractivity contribution in [3.05, 3.63) is 35.4 Å². The number of carbonyl (C=O) groups is 2. The zero-order valence-corrected chi connectivity index (χ0v) is 13.8. The highest BCUT2D eigenvalue weighted by Crippen LogP contribution is 2.47. The van der Waals surface area contributed by atoms with E-state index in [1.807, 2.05) is 7.05 Å². The van der Waals surface area contributed by atoms with Crippen molar-refractivity contribution >= 4 is 11.8 Å². The summed E-state index contributed by atoms with van der Waals surface area (Å²) in [5, 5.41) is 0. The van der Waals surface area contributed by atoms with Crippen LogP contribution >= 0.6 is 0 Å². The average Bonchev–Trinajstić information content (AvgIpc) is 3.23. The van der Waals surface area contributed by atoms with Gasteiger partial charge in [0.15, 0.2) is 0 Å². The van der Waals surface area contributed by atoms with Crippen molar-refractivity contribution in [2.45, 2.75) is 51.0 Å². The third-order valence-electron chi connectivity index (χ3n) is 6.05. The van der Waals surface area contributed by atoms with E-state index in [1.165, 1.54) is 16.0 Å². The highest BCUT2D eigenvalue weighted by Gasteiger charge is 2.52. The smallest absolute Gasteiger partial charge is 0.237 e. The van der Waals surface area contributed by atoms with Crippen molar-refractivity contribution in [2.75, 3.05) is 13.7 Å². The van der Waals surface area contributed by atoms with E-state index in [1.54, 1.807) is 0 Å². The predicted octanol–water partition coefficient (Wildman–Crippen LogP) is 2.88. The van der Waals surface area contributed by atoms with Crippen LogP contribution in [0.5, 0.6) is 0 Å². The Morgan fingerprint density at radius 2 is 1.96 bits per heavy atom. The van der Waals surface area contributed by atoms with Crippen LogP contribution in [0.25, 0.3) is 0 Å². The molecule has 1 spiro atoms. The Morgan fingerprint density at radius 1 is 1.22 bits per heavy atom. The topological polar surface area (TPSA) is 40.6 Å². The summed E-state index contributed by atoms with van der Waals surface area (Å²) in [6, 6.07) is 8.83. The van der Waals surface area contributed by atoms with E-state index in [0.29, 0.717) is 19.1 Å². The Morgan fingerprint density at radius 3 is 2.74 bits per heavy atom. The van der Waals surface area contributed by atoms with Crippen molar-refractivity contribution in [1.82, 2.24) is 9.80 Å². The number of imide groups is 1. The molecule has 0 bridgehead atoms. The third-order valence-corrected chi connectivity index (χ3v) is 6.05. The first-order chi connectivity index (χ1) is 11.1. The molecular formula is C19H24N2O2. The zero-order valence-electron chi connectivity index (χ0n) is 13.8. The number of hydrogen-bond donors (Lipinski definition) is 0. The maximum absolute atomic E-state index is 12.8. The van der Waals surface area contributed by atoms with E-state index >= 15 is 0 Å². The van der Waals surface area contributed by atoms with Crippen molar-refractivity contribution in [1.29, 1.82) is 0 Å². The number of likely N-dealkylation sites (tertiary alicyclic amines) is 1. The van der Waals surface area contributed by atoms with E-state index in [9.17, 15) is 9.59 Å². The Hall–Kier alpha value is -1.68. The van der Waals surface area contributed by atoms with Crippen LogP contribution in [0.15, 0.2) is 24.3 Å². The molecule has 2 fully saturated rings. The summed E-state index contributed by atoms with van der Waals surface area (Å²) in [5.41, 5.74) is 2.39. The molecule has 1 saturated carbocycles. The molecule has 4 rings (SSSR count). The molecule has 1 heterocycles. The van der Waals surface area contributed by atoms with Gasteiger partial charge in [0.25, 0.3) is 0 Å². The summed E-state index contributed by atoms with van der Waals surface area (Å²) in [6.45, 7) is 0.429. The number of aryl methyl sites for hydroxylation is 1. The number of nitrogens with zero attached hydrogens (tertiary/aromatic N) is 2. The highest BCUT2D eigenvalue weighted by atomic mass is 16.2. The van der Waals surface area contributed by atoms with Crippen LogP contribution in [0.4, 0.5) is 0 Å². The fraction of sp³-hybridized carbons (Fsp3) is 0.579. The van der Waals surface area contributed by atoms with Crippen molar-refractivity contribution in [3.8, 4) is 0 Å². The molecule has 0 unspecified atom stereocenters. The monoisotopic (exact) mass is 312 g/mol. The first-order valence-electron chi connectivity index (χ1n) is 8.74. The molecule has 0 N–H and O–H groups in total. The van der Waals surface area contributed by atoms with E-state index in [2.05, 4.69) is 29.2 Å². The summed E-state index contributed by atoms with van der Waals surface area (Å²) in [7, 11) is 2.03. The molecule has 1 aliphatic heterocycles. The SMILES string of the molecule is CN(CN1C(=O)CC2(CCCC2)C1=O)[C@@H]1CCc2ccccc21. The molecule has 1 aromatic rings. The first-order valence-corrected chi connectivity index (χ1v) is 8.74. The van der Waals surface area contributed by atoms with Gasteiger partial charge < -0.3 is 0 Å². The molecule has 122 valence electrons. The number of carbonyl (C=O) groups excluding carboxylic acids is 2. The molecule has 1 aromatic carbocycles. The van der Waals surface area contributed by atoms with E-state index in [0.717, 1.165) is 38.5 Å². The van der Waals surface area contributed by atoms with E-state index < -0.39 is 0 Å². The first kappa shape index (κ1) is 14.9. The standard InChI is InChI=1S/C19H24N2O2/c1-20(16-9-8-14-6-2-3-7-15(14)16)13-21-17(22)12-19(18(21)23)10-4-5-11-19/h2-3,6-7,16H,4-5,8-13H2,1H3/t16-/m1/s1. The minimum atomic E-state index is -0.356.